The third-order valence-electron chi connectivity index (χ3n) is 11.7. The first-order valence-electron chi connectivity index (χ1n) is 18.3. The van der Waals surface area contributed by atoms with Crippen LogP contribution in [0.4, 0.5) is 20.2 Å². The first kappa shape index (κ1) is 44.1. The minimum absolute atomic E-state index is 0. The highest BCUT2D eigenvalue weighted by atomic mass is 35.5. The van der Waals surface area contributed by atoms with Crippen LogP contribution in [-0.4, -0.2) is 46.1 Å². The lowest BCUT2D eigenvalue weighted by molar-refractivity contribution is 0.278. The summed E-state index contributed by atoms with van der Waals surface area (Å²) >= 11 is 0. The number of hydrogen-bond donors (Lipinski definition) is 4. The number of halogens is 7. The Hall–Kier alpha value is -2.57. The number of rotatable bonds is 6. The van der Waals surface area contributed by atoms with Gasteiger partial charge in [-0.25, -0.2) is 18.7 Å². The van der Waals surface area contributed by atoms with E-state index in [1.165, 1.54) is 0 Å². The summed E-state index contributed by atoms with van der Waals surface area (Å²) in [4.78, 5) is 21.1. The van der Waals surface area contributed by atoms with Gasteiger partial charge in [0.15, 0.2) is 11.6 Å². The number of aromatic amines is 2. The van der Waals surface area contributed by atoms with Crippen LogP contribution in [0.3, 0.4) is 0 Å². The Kier molecular flexibility index (Phi) is 14.5. The van der Waals surface area contributed by atoms with Crippen molar-refractivity contribution in [2.45, 2.75) is 89.4 Å². The van der Waals surface area contributed by atoms with E-state index >= 15 is 8.78 Å². The molecular weight excluding hydrogens is 796 g/mol. The van der Waals surface area contributed by atoms with Crippen molar-refractivity contribution in [1.82, 2.24) is 30.6 Å². The molecule has 2 aromatic heterocycles. The maximum atomic E-state index is 16.2. The summed E-state index contributed by atoms with van der Waals surface area (Å²) in [5, 5.41) is 7.08. The Morgan fingerprint density at radius 3 is 1.54 bits per heavy atom. The van der Waals surface area contributed by atoms with Crippen molar-refractivity contribution in [2.24, 2.45) is 5.41 Å². The van der Waals surface area contributed by atoms with E-state index in [-0.39, 0.29) is 97.3 Å². The van der Waals surface area contributed by atoms with Crippen LogP contribution in [0.5, 0.6) is 0 Å². The molecule has 4 fully saturated rings. The molecule has 9 rings (SSSR count). The third kappa shape index (κ3) is 8.27. The van der Waals surface area contributed by atoms with E-state index in [0.717, 1.165) is 109 Å². The second-order valence-corrected chi connectivity index (χ2v) is 15.5. The summed E-state index contributed by atoms with van der Waals surface area (Å²) in [6.07, 6.45) is 7.98. The molecular formula is C39H51Cl5F2N8. The largest absolute Gasteiger partial charge is 0.367 e. The van der Waals surface area contributed by atoms with Gasteiger partial charge in [0.2, 0.25) is 0 Å². The molecule has 0 aliphatic carbocycles. The molecule has 54 heavy (non-hydrogen) atoms. The Morgan fingerprint density at radius 1 is 0.648 bits per heavy atom. The van der Waals surface area contributed by atoms with E-state index in [4.69, 9.17) is 9.97 Å². The molecule has 0 bridgehead atoms. The van der Waals surface area contributed by atoms with Crippen molar-refractivity contribution in [3.63, 3.8) is 0 Å². The molecule has 0 saturated carbocycles. The minimum atomic E-state index is -0.491. The fourth-order valence-electron chi connectivity index (χ4n) is 8.84. The van der Waals surface area contributed by atoms with Crippen molar-refractivity contribution in [2.75, 3.05) is 36.0 Å². The quantitative estimate of drug-likeness (QED) is 0.136. The molecule has 4 N–H and O–H groups in total. The Balaban J connectivity index is 0.00000130. The van der Waals surface area contributed by atoms with Crippen LogP contribution in [0.2, 0.25) is 0 Å². The van der Waals surface area contributed by atoms with E-state index in [1.807, 2.05) is 4.90 Å². The number of imidazole rings is 2. The van der Waals surface area contributed by atoms with Gasteiger partial charge < -0.3 is 30.4 Å². The molecule has 4 aliphatic heterocycles. The Morgan fingerprint density at radius 2 is 1.11 bits per heavy atom. The molecule has 0 amide bonds. The van der Waals surface area contributed by atoms with E-state index in [0.29, 0.717) is 18.8 Å². The number of fused-ring (bicyclic) bond motifs is 2. The number of aromatic nitrogens is 4. The van der Waals surface area contributed by atoms with Crippen LogP contribution in [0.1, 0.15) is 112 Å². The third-order valence-corrected chi connectivity index (χ3v) is 11.7. The lowest BCUT2D eigenvalue weighted by Gasteiger charge is -2.39. The SMILES string of the molecule is CC1(C)CCN(c2c(F)cc(N3[C@@H](c4ccc5nc([C@@H]6CCCN6)[nH]c5c4)CC[C@@H]3c3ccc4nc([C@@H]5CCCN5)[nH]c4c3)cc2F)CC1.Cl.Cl.Cl.Cl.Cl. The number of hydrogen-bond acceptors (Lipinski definition) is 6. The zero-order chi connectivity index (χ0) is 33.3. The van der Waals surface area contributed by atoms with Gasteiger partial charge in [0.05, 0.1) is 46.2 Å². The summed E-state index contributed by atoms with van der Waals surface area (Å²) in [5.74, 6) is 0.974. The minimum Gasteiger partial charge on any atom is -0.367 e. The monoisotopic (exact) mass is 844 g/mol. The van der Waals surface area contributed by atoms with Gasteiger partial charge in [-0.05, 0) is 117 Å². The zero-order valence-corrected chi connectivity index (χ0v) is 34.6. The number of anilines is 2. The van der Waals surface area contributed by atoms with Crippen molar-refractivity contribution in [3.05, 3.63) is 82.9 Å². The van der Waals surface area contributed by atoms with Gasteiger partial charge >= 0.3 is 0 Å². The van der Waals surface area contributed by atoms with Gasteiger partial charge in [0, 0.05) is 18.8 Å². The Bertz CT molecular complexity index is 1890. The van der Waals surface area contributed by atoms with Crippen LogP contribution in [0.15, 0.2) is 48.5 Å². The maximum Gasteiger partial charge on any atom is 0.151 e. The number of piperidine rings is 1. The number of nitrogens with one attached hydrogen (secondary N) is 4. The van der Waals surface area contributed by atoms with E-state index in [2.05, 4.69) is 75.7 Å². The molecule has 0 unspecified atom stereocenters. The lowest BCUT2D eigenvalue weighted by atomic mass is 9.82. The van der Waals surface area contributed by atoms with E-state index in [1.54, 1.807) is 12.1 Å². The molecule has 0 spiro atoms. The summed E-state index contributed by atoms with van der Waals surface area (Å²) in [6.45, 7) is 7.79. The maximum absolute atomic E-state index is 16.2. The topological polar surface area (TPSA) is 87.9 Å². The Labute approximate surface area is 346 Å². The summed E-state index contributed by atoms with van der Waals surface area (Å²) in [7, 11) is 0. The van der Waals surface area contributed by atoms with Crippen LogP contribution in [0.25, 0.3) is 22.1 Å². The molecule has 15 heteroatoms. The number of benzene rings is 3. The smallest absolute Gasteiger partial charge is 0.151 e. The first-order valence-corrected chi connectivity index (χ1v) is 18.3. The van der Waals surface area contributed by atoms with Crippen LogP contribution in [-0.2, 0) is 0 Å². The molecule has 8 nitrogen and oxygen atoms in total. The molecule has 6 heterocycles. The first-order chi connectivity index (χ1) is 23.8. The molecule has 4 aliphatic rings. The fourth-order valence-corrected chi connectivity index (χ4v) is 8.84. The van der Waals surface area contributed by atoms with Gasteiger partial charge in [-0.1, -0.05) is 26.0 Å². The average Bonchev–Trinajstić information content (AvgIpc) is 3.93. The second-order valence-electron chi connectivity index (χ2n) is 15.5. The summed E-state index contributed by atoms with van der Waals surface area (Å²) < 4.78 is 32.3. The van der Waals surface area contributed by atoms with Crippen LogP contribution >= 0.6 is 62.0 Å². The zero-order valence-electron chi connectivity index (χ0n) is 30.5. The number of nitrogens with zero attached hydrogens (tertiary/aromatic N) is 4. The van der Waals surface area contributed by atoms with Gasteiger partial charge in [0.25, 0.3) is 0 Å². The predicted octanol–water partition coefficient (Wildman–Crippen LogP) is 10.4. The standard InChI is InChI=1S/C39H46F2N8.5ClH/c1-39(2)13-17-48(18-14-39)36-26(40)21-25(22-27(36)41)49-34(23-7-9-28-32(19-23)46-37(44-28)30-5-3-15-42-30)11-12-35(49)24-8-10-29-33(20-24)47-38(45-29)31-6-4-16-43-31;;;;;/h7-10,19-22,30-31,34-35,42-43H,3-6,11-18H2,1-2H3,(H,44,46)(H,45,47);5*1H/t30-,31-,34+,35+;;;;;/m0...../s1. The predicted molar refractivity (Wildman–Crippen MR) is 227 cm³/mol. The lowest BCUT2D eigenvalue weighted by Crippen LogP contribution is -2.38. The van der Waals surface area contributed by atoms with E-state index in [9.17, 15) is 0 Å². The second kappa shape index (κ2) is 17.7. The summed E-state index contributed by atoms with van der Waals surface area (Å²) in [6, 6.07) is 16.3. The van der Waals surface area contributed by atoms with Crippen molar-refractivity contribution in [1.29, 1.82) is 0 Å². The van der Waals surface area contributed by atoms with Crippen LogP contribution in [0, 0.1) is 17.0 Å². The molecule has 3 aromatic carbocycles. The van der Waals surface area contributed by atoms with Gasteiger partial charge in [-0.15, -0.1) is 62.0 Å². The highest BCUT2D eigenvalue weighted by molar-refractivity contribution is 5.86. The normalized spacial score (nSPS) is 23.3. The van der Waals surface area contributed by atoms with E-state index < -0.39 is 11.6 Å². The highest BCUT2D eigenvalue weighted by Crippen LogP contribution is 2.49. The van der Waals surface area contributed by atoms with Gasteiger partial charge in [-0.3, -0.25) is 0 Å². The van der Waals surface area contributed by atoms with Gasteiger partial charge in [0.1, 0.15) is 17.3 Å². The molecule has 296 valence electrons. The highest BCUT2D eigenvalue weighted by Gasteiger charge is 2.38. The van der Waals surface area contributed by atoms with Crippen molar-refractivity contribution >= 4 is 95.5 Å². The van der Waals surface area contributed by atoms with Crippen LogP contribution < -0.4 is 20.4 Å². The average molecular weight is 847 g/mol. The van der Waals surface area contributed by atoms with Crippen molar-refractivity contribution < 1.29 is 8.78 Å². The molecule has 5 aromatic rings. The fraction of sp³-hybridized carbons (Fsp3) is 0.487. The molecule has 4 saturated heterocycles. The molecule has 0 radical (unpaired) electrons. The van der Waals surface area contributed by atoms with Gasteiger partial charge in [-0.2, -0.15) is 0 Å². The van der Waals surface area contributed by atoms with Crippen molar-refractivity contribution in [3.8, 4) is 0 Å². The molecule has 4 atom stereocenters. The summed E-state index contributed by atoms with van der Waals surface area (Å²) in [5.41, 5.74) is 6.97. The number of H-pyrrole nitrogens is 2.